The first-order valence-corrected chi connectivity index (χ1v) is 6.77. The zero-order valence-electron chi connectivity index (χ0n) is 11.0. The Hall–Kier alpha value is -2.17. The van der Waals surface area contributed by atoms with Gasteiger partial charge in [-0.1, -0.05) is 0 Å². The van der Waals surface area contributed by atoms with Gasteiger partial charge in [0.25, 0.3) is 0 Å². The summed E-state index contributed by atoms with van der Waals surface area (Å²) in [4.78, 5) is 15.8. The molecule has 104 valence electrons. The molecule has 0 aliphatic heterocycles. The monoisotopic (exact) mass is 273 g/mol. The van der Waals surface area contributed by atoms with E-state index in [1.807, 2.05) is 0 Å². The second-order valence-electron chi connectivity index (χ2n) is 5.12. The van der Waals surface area contributed by atoms with E-state index >= 15 is 0 Å². The Morgan fingerprint density at radius 3 is 3.00 bits per heavy atom. The van der Waals surface area contributed by atoms with Crippen molar-refractivity contribution in [2.75, 3.05) is 18.4 Å². The fourth-order valence-electron chi connectivity index (χ4n) is 2.09. The van der Waals surface area contributed by atoms with E-state index in [1.165, 1.54) is 25.0 Å². The highest BCUT2D eigenvalue weighted by Gasteiger charge is 2.21. The third-order valence-corrected chi connectivity index (χ3v) is 3.43. The Balaban J connectivity index is 1.65. The highest BCUT2D eigenvalue weighted by atomic mass is 19.1. The van der Waals surface area contributed by atoms with Crippen LogP contribution in [0.4, 0.5) is 10.1 Å². The highest BCUT2D eigenvalue weighted by Crippen LogP contribution is 2.27. The van der Waals surface area contributed by atoms with Gasteiger partial charge in [0.15, 0.2) is 0 Å². The number of benzene rings is 1. The van der Waals surface area contributed by atoms with Gasteiger partial charge in [0.2, 0.25) is 5.91 Å². The molecule has 3 rings (SSSR count). The van der Waals surface area contributed by atoms with Gasteiger partial charge < -0.3 is 10.6 Å². The maximum atomic E-state index is 13.1. The number of anilines is 1. The molecular formula is C15H16FN3O. The molecule has 1 aliphatic rings. The number of nitrogens with one attached hydrogen (secondary N) is 2. The second-order valence-corrected chi connectivity index (χ2v) is 5.12. The van der Waals surface area contributed by atoms with E-state index in [1.54, 1.807) is 18.3 Å². The van der Waals surface area contributed by atoms with Crippen LogP contribution in [0.2, 0.25) is 0 Å². The van der Waals surface area contributed by atoms with Crippen molar-refractivity contribution in [3.63, 3.8) is 0 Å². The van der Waals surface area contributed by atoms with Gasteiger partial charge in [-0.15, -0.1) is 0 Å². The molecule has 0 unspecified atom stereocenters. The van der Waals surface area contributed by atoms with Crippen LogP contribution >= 0.6 is 0 Å². The topological polar surface area (TPSA) is 54.0 Å². The summed E-state index contributed by atoms with van der Waals surface area (Å²) in [5.41, 5.74) is 1.37. The number of hydrogen-bond acceptors (Lipinski definition) is 3. The number of carbonyl (C=O) groups excluding carboxylic acids is 1. The molecule has 5 heteroatoms. The van der Waals surface area contributed by atoms with Crippen LogP contribution < -0.4 is 10.6 Å². The molecule has 0 radical (unpaired) electrons. The maximum absolute atomic E-state index is 13.1. The van der Waals surface area contributed by atoms with Crippen molar-refractivity contribution in [2.45, 2.75) is 12.8 Å². The van der Waals surface area contributed by atoms with E-state index in [0.717, 1.165) is 17.6 Å². The van der Waals surface area contributed by atoms with Crippen LogP contribution in [0.3, 0.4) is 0 Å². The zero-order valence-corrected chi connectivity index (χ0v) is 11.0. The van der Waals surface area contributed by atoms with E-state index in [2.05, 4.69) is 15.6 Å². The first-order valence-electron chi connectivity index (χ1n) is 6.77. The minimum absolute atomic E-state index is 0.0241. The normalized spacial score (nSPS) is 14.2. The highest BCUT2D eigenvalue weighted by molar-refractivity contribution is 5.92. The Labute approximate surface area is 116 Å². The van der Waals surface area contributed by atoms with E-state index in [9.17, 15) is 9.18 Å². The van der Waals surface area contributed by atoms with Crippen molar-refractivity contribution >= 4 is 22.5 Å². The zero-order chi connectivity index (χ0) is 13.9. The van der Waals surface area contributed by atoms with E-state index < -0.39 is 0 Å². The number of pyridine rings is 1. The lowest BCUT2D eigenvalue weighted by Crippen LogP contribution is -2.31. The van der Waals surface area contributed by atoms with Crippen molar-refractivity contribution in [2.24, 2.45) is 5.92 Å². The number of hydrogen-bond donors (Lipinski definition) is 2. The largest absolute Gasteiger partial charge is 0.376 e. The predicted molar refractivity (Wildman–Crippen MR) is 75.9 cm³/mol. The summed E-state index contributed by atoms with van der Waals surface area (Å²) >= 11 is 0. The van der Waals surface area contributed by atoms with Gasteiger partial charge in [0, 0.05) is 29.9 Å². The molecule has 20 heavy (non-hydrogen) atoms. The minimum atomic E-state index is -0.315. The lowest BCUT2D eigenvalue weighted by atomic mass is 10.2. The van der Waals surface area contributed by atoms with Crippen molar-refractivity contribution in [3.8, 4) is 0 Å². The number of fused-ring (bicyclic) bond motifs is 1. The van der Waals surface area contributed by atoms with Gasteiger partial charge in [-0.25, -0.2) is 4.39 Å². The number of aromatic nitrogens is 1. The average molecular weight is 273 g/mol. The lowest BCUT2D eigenvalue weighted by molar-refractivity contribution is -0.119. The molecule has 0 bridgehead atoms. The number of rotatable bonds is 5. The molecule has 1 amide bonds. The van der Waals surface area contributed by atoms with Gasteiger partial charge in [0.1, 0.15) is 5.82 Å². The molecule has 4 nitrogen and oxygen atoms in total. The molecule has 1 aromatic carbocycles. The van der Waals surface area contributed by atoms with Crippen LogP contribution in [0.25, 0.3) is 10.9 Å². The molecular weight excluding hydrogens is 257 g/mol. The number of halogens is 1. The first kappa shape index (κ1) is 12.8. The van der Waals surface area contributed by atoms with Crippen LogP contribution in [0.5, 0.6) is 0 Å². The van der Waals surface area contributed by atoms with Crippen LogP contribution in [0.1, 0.15) is 12.8 Å². The van der Waals surface area contributed by atoms with Gasteiger partial charge in [0.05, 0.1) is 12.1 Å². The van der Waals surface area contributed by atoms with Gasteiger partial charge >= 0.3 is 0 Å². The van der Waals surface area contributed by atoms with Crippen LogP contribution in [-0.4, -0.2) is 24.0 Å². The molecule has 1 fully saturated rings. The summed E-state index contributed by atoms with van der Waals surface area (Å²) in [6.45, 7) is 0.978. The summed E-state index contributed by atoms with van der Waals surface area (Å²) in [6.07, 6.45) is 4.04. The van der Waals surface area contributed by atoms with E-state index in [0.29, 0.717) is 11.4 Å². The van der Waals surface area contributed by atoms with Crippen LogP contribution in [0, 0.1) is 11.7 Å². The molecule has 2 N–H and O–H groups in total. The molecule has 0 saturated heterocycles. The van der Waals surface area contributed by atoms with E-state index in [-0.39, 0.29) is 18.3 Å². The molecule has 0 spiro atoms. The van der Waals surface area contributed by atoms with Gasteiger partial charge in [-0.3, -0.25) is 9.78 Å². The lowest BCUT2D eigenvalue weighted by Gasteiger charge is -2.09. The van der Waals surface area contributed by atoms with Crippen molar-refractivity contribution in [3.05, 3.63) is 36.3 Å². The maximum Gasteiger partial charge on any atom is 0.239 e. The summed E-state index contributed by atoms with van der Waals surface area (Å²) in [5, 5.41) is 6.78. The Kier molecular flexibility index (Phi) is 3.50. The predicted octanol–water partition coefficient (Wildman–Crippen LogP) is 2.31. The first-order chi connectivity index (χ1) is 9.72. The van der Waals surface area contributed by atoms with Gasteiger partial charge in [-0.05, 0) is 37.0 Å². The van der Waals surface area contributed by atoms with Gasteiger partial charge in [-0.2, -0.15) is 0 Å². The molecule has 0 atom stereocenters. The van der Waals surface area contributed by atoms with Crippen molar-refractivity contribution in [1.29, 1.82) is 0 Å². The smallest absolute Gasteiger partial charge is 0.239 e. The summed E-state index contributed by atoms with van der Waals surface area (Å²) in [7, 11) is 0. The fourth-order valence-corrected chi connectivity index (χ4v) is 2.09. The Bertz CT molecular complexity index is 640. The molecule has 2 aromatic rings. The standard InChI is InChI=1S/C15H16FN3O/c16-11-3-4-12-13(5-6-17-14(12)7-11)18-9-15(20)19-8-10-1-2-10/h3-7,10H,1-2,8-9H2,(H,17,18)(H,19,20). The summed E-state index contributed by atoms with van der Waals surface area (Å²) in [6, 6.07) is 6.23. The second kappa shape index (κ2) is 5.45. The third-order valence-electron chi connectivity index (χ3n) is 3.43. The molecule has 1 aliphatic carbocycles. The quantitative estimate of drug-likeness (QED) is 0.879. The summed E-state index contributed by atoms with van der Waals surface area (Å²) < 4.78 is 13.1. The summed E-state index contributed by atoms with van der Waals surface area (Å²) in [5.74, 6) is 0.331. The molecule has 1 saturated carbocycles. The molecule has 1 heterocycles. The third kappa shape index (κ3) is 3.04. The molecule has 1 aromatic heterocycles. The number of nitrogens with zero attached hydrogens (tertiary/aromatic N) is 1. The fraction of sp³-hybridized carbons (Fsp3) is 0.333. The minimum Gasteiger partial charge on any atom is -0.376 e. The Morgan fingerprint density at radius 1 is 1.35 bits per heavy atom. The Morgan fingerprint density at radius 2 is 2.20 bits per heavy atom. The average Bonchev–Trinajstić information content (AvgIpc) is 3.26. The van der Waals surface area contributed by atoms with E-state index in [4.69, 9.17) is 0 Å². The van der Waals surface area contributed by atoms with Crippen LogP contribution in [0.15, 0.2) is 30.5 Å². The van der Waals surface area contributed by atoms with Crippen molar-refractivity contribution in [1.82, 2.24) is 10.3 Å². The number of carbonyl (C=O) groups is 1. The number of amides is 1. The van der Waals surface area contributed by atoms with Crippen LogP contribution in [-0.2, 0) is 4.79 Å². The van der Waals surface area contributed by atoms with Crippen molar-refractivity contribution < 1.29 is 9.18 Å². The SMILES string of the molecule is O=C(CNc1ccnc2cc(F)ccc12)NCC1CC1.